The second-order valence-corrected chi connectivity index (χ2v) is 6.28. The van der Waals surface area contributed by atoms with E-state index in [2.05, 4.69) is 57.2 Å². The molecular formula is C15H30ClN5. The lowest BCUT2D eigenvalue weighted by Crippen LogP contribution is -2.59. The quantitative estimate of drug-likeness (QED) is 0.570. The highest BCUT2D eigenvalue weighted by Gasteiger charge is 2.35. The first-order valence-corrected chi connectivity index (χ1v) is 8.10. The van der Waals surface area contributed by atoms with Gasteiger partial charge in [0, 0.05) is 24.5 Å². The van der Waals surface area contributed by atoms with Crippen LogP contribution in [0.3, 0.4) is 0 Å². The van der Waals surface area contributed by atoms with Crippen LogP contribution in [-0.2, 0) is 19.4 Å². The van der Waals surface area contributed by atoms with Crippen molar-refractivity contribution in [1.29, 1.82) is 0 Å². The standard InChI is InChI=1S/C15H30ClN5/c1-7-11-14(16)12(21(9-3)19-11)10-13(18-17)15(4,8-2)20(5)6/h13,18H,7-10,17H2,1-6H3. The maximum Gasteiger partial charge on any atom is 0.0850 e. The minimum absolute atomic E-state index is 0.0483. The Balaban J connectivity index is 3.15. The molecule has 0 aliphatic heterocycles. The highest BCUT2D eigenvalue weighted by atomic mass is 35.5. The Morgan fingerprint density at radius 2 is 2.00 bits per heavy atom. The van der Waals surface area contributed by atoms with Crippen LogP contribution in [0.2, 0.25) is 5.02 Å². The lowest BCUT2D eigenvalue weighted by molar-refractivity contribution is 0.111. The van der Waals surface area contributed by atoms with E-state index >= 15 is 0 Å². The van der Waals surface area contributed by atoms with Crippen LogP contribution in [0.1, 0.15) is 45.5 Å². The molecule has 5 nitrogen and oxygen atoms in total. The number of hydrogen-bond donors (Lipinski definition) is 2. The normalized spacial score (nSPS) is 16.2. The van der Waals surface area contributed by atoms with Crippen molar-refractivity contribution in [2.45, 2.75) is 65.1 Å². The Morgan fingerprint density at radius 3 is 2.38 bits per heavy atom. The van der Waals surface area contributed by atoms with Crippen molar-refractivity contribution in [2.75, 3.05) is 14.1 Å². The molecule has 1 aromatic heterocycles. The summed E-state index contributed by atoms with van der Waals surface area (Å²) in [7, 11) is 4.17. The van der Waals surface area contributed by atoms with E-state index in [1.807, 2.05) is 4.68 Å². The number of aromatic nitrogens is 2. The van der Waals surface area contributed by atoms with Crippen molar-refractivity contribution in [3.8, 4) is 0 Å². The van der Waals surface area contributed by atoms with Crippen LogP contribution >= 0.6 is 11.6 Å². The molecule has 1 aromatic rings. The van der Waals surface area contributed by atoms with Crippen LogP contribution in [0.4, 0.5) is 0 Å². The summed E-state index contributed by atoms with van der Waals surface area (Å²) in [6.45, 7) is 9.38. The zero-order valence-corrected chi connectivity index (χ0v) is 15.0. The molecule has 0 fully saturated rings. The molecule has 1 rings (SSSR count). The zero-order chi connectivity index (χ0) is 16.2. The van der Waals surface area contributed by atoms with Crippen LogP contribution in [-0.4, -0.2) is 40.4 Å². The largest absolute Gasteiger partial charge is 0.302 e. The molecule has 1 heterocycles. The summed E-state index contributed by atoms with van der Waals surface area (Å²) in [4.78, 5) is 2.22. The molecule has 2 unspecified atom stereocenters. The first-order valence-electron chi connectivity index (χ1n) is 7.73. The molecule has 0 aromatic carbocycles. The van der Waals surface area contributed by atoms with E-state index in [0.717, 1.165) is 42.2 Å². The van der Waals surface area contributed by atoms with Gasteiger partial charge in [0.15, 0.2) is 0 Å². The maximum absolute atomic E-state index is 6.52. The summed E-state index contributed by atoms with van der Waals surface area (Å²) in [5.74, 6) is 5.85. The molecule has 0 spiro atoms. The molecule has 0 radical (unpaired) electrons. The van der Waals surface area contributed by atoms with E-state index in [0.29, 0.717) is 0 Å². The Kier molecular flexibility index (Phi) is 6.66. The number of hydrazine groups is 1. The number of aryl methyl sites for hydroxylation is 2. The lowest BCUT2D eigenvalue weighted by atomic mass is 9.85. The van der Waals surface area contributed by atoms with Crippen molar-refractivity contribution in [2.24, 2.45) is 5.84 Å². The van der Waals surface area contributed by atoms with Gasteiger partial charge in [-0.2, -0.15) is 5.10 Å². The first kappa shape index (κ1) is 18.4. The predicted octanol–water partition coefficient (Wildman–Crippen LogP) is 2.22. The van der Waals surface area contributed by atoms with Gasteiger partial charge >= 0.3 is 0 Å². The number of nitrogens with zero attached hydrogens (tertiary/aromatic N) is 3. The molecule has 0 amide bonds. The third-order valence-corrected chi connectivity index (χ3v) is 5.22. The Hall–Kier alpha value is -0.620. The fraction of sp³-hybridized carbons (Fsp3) is 0.800. The molecule has 122 valence electrons. The molecule has 0 saturated carbocycles. The number of halogens is 1. The molecule has 6 heteroatoms. The third kappa shape index (κ3) is 3.59. The van der Waals surface area contributed by atoms with E-state index in [4.69, 9.17) is 17.4 Å². The van der Waals surface area contributed by atoms with E-state index in [-0.39, 0.29) is 11.6 Å². The molecular weight excluding hydrogens is 286 g/mol. The number of nitrogens with one attached hydrogen (secondary N) is 1. The molecule has 0 aliphatic rings. The van der Waals surface area contributed by atoms with Crippen LogP contribution < -0.4 is 11.3 Å². The lowest BCUT2D eigenvalue weighted by Gasteiger charge is -2.42. The average molecular weight is 316 g/mol. The number of likely N-dealkylation sites (N-methyl/N-ethyl adjacent to an activating group) is 1. The number of rotatable bonds is 8. The van der Waals surface area contributed by atoms with Gasteiger partial charge in [0.2, 0.25) is 0 Å². The fourth-order valence-corrected chi connectivity index (χ4v) is 3.08. The van der Waals surface area contributed by atoms with Gasteiger partial charge in [-0.1, -0.05) is 25.4 Å². The molecule has 0 aliphatic carbocycles. The van der Waals surface area contributed by atoms with Gasteiger partial charge in [0.05, 0.1) is 16.4 Å². The van der Waals surface area contributed by atoms with Crippen LogP contribution in [0.15, 0.2) is 0 Å². The van der Waals surface area contributed by atoms with Gasteiger partial charge in [-0.25, -0.2) is 0 Å². The molecule has 2 atom stereocenters. The number of nitrogens with two attached hydrogens (primary N) is 1. The van der Waals surface area contributed by atoms with Gasteiger partial charge in [-0.3, -0.25) is 16.0 Å². The topological polar surface area (TPSA) is 59.1 Å². The summed E-state index contributed by atoms with van der Waals surface area (Å²) >= 11 is 6.52. The Morgan fingerprint density at radius 1 is 1.38 bits per heavy atom. The summed E-state index contributed by atoms with van der Waals surface area (Å²) in [6.07, 6.45) is 2.60. The molecule has 0 saturated heterocycles. The van der Waals surface area contributed by atoms with Crippen molar-refractivity contribution in [3.05, 3.63) is 16.4 Å². The fourth-order valence-electron chi connectivity index (χ4n) is 2.74. The maximum atomic E-state index is 6.52. The summed E-state index contributed by atoms with van der Waals surface area (Å²) < 4.78 is 2.00. The van der Waals surface area contributed by atoms with Crippen molar-refractivity contribution < 1.29 is 0 Å². The highest BCUT2D eigenvalue weighted by Crippen LogP contribution is 2.28. The molecule has 0 bridgehead atoms. The first-order chi connectivity index (χ1) is 9.85. The summed E-state index contributed by atoms with van der Waals surface area (Å²) in [5.41, 5.74) is 4.97. The average Bonchev–Trinajstić information content (AvgIpc) is 2.79. The van der Waals surface area contributed by atoms with Gasteiger partial charge in [0.25, 0.3) is 0 Å². The van der Waals surface area contributed by atoms with Gasteiger partial charge in [-0.15, -0.1) is 0 Å². The van der Waals surface area contributed by atoms with Gasteiger partial charge in [-0.05, 0) is 40.8 Å². The van der Waals surface area contributed by atoms with E-state index in [1.54, 1.807) is 0 Å². The predicted molar refractivity (Wildman–Crippen MR) is 89.5 cm³/mol. The van der Waals surface area contributed by atoms with Crippen molar-refractivity contribution in [3.63, 3.8) is 0 Å². The second kappa shape index (κ2) is 7.58. The minimum Gasteiger partial charge on any atom is -0.302 e. The van der Waals surface area contributed by atoms with E-state index in [9.17, 15) is 0 Å². The van der Waals surface area contributed by atoms with Crippen molar-refractivity contribution >= 4 is 11.6 Å². The van der Waals surface area contributed by atoms with E-state index in [1.165, 1.54) is 0 Å². The third-order valence-electron chi connectivity index (χ3n) is 4.78. The molecule has 3 N–H and O–H groups in total. The SMILES string of the molecule is CCc1nn(CC)c(CC(NN)C(C)(CC)N(C)C)c1Cl. The smallest absolute Gasteiger partial charge is 0.0850 e. The van der Waals surface area contributed by atoms with Crippen LogP contribution in [0, 0.1) is 0 Å². The van der Waals surface area contributed by atoms with Crippen LogP contribution in [0.5, 0.6) is 0 Å². The Bertz CT molecular complexity index is 457. The highest BCUT2D eigenvalue weighted by molar-refractivity contribution is 6.31. The second-order valence-electron chi connectivity index (χ2n) is 5.91. The van der Waals surface area contributed by atoms with E-state index < -0.39 is 0 Å². The Labute approximate surface area is 133 Å². The van der Waals surface area contributed by atoms with Gasteiger partial charge < -0.3 is 4.90 Å². The monoisotopic (exact) mass is 315 g/mol. The summed E-state index contributed by atoms with van der Waals surface area (Å²) in [5, 5.41) is 5.38. The van der Waals surface area contributed by atoms with Gasteiger partial charge in [0.1, 0.15) is 0 Å². The summed E-state index contributed by atoms with van der Waals surface area (Å²) in [6, 6.07) is 0.0988. The van der Waals surface area contributed by atoms with Crippen LogP contribution in [0.25, 0.3) is 0 Å². The zero-order valence-electron chi connectivity index (χ0n) is 14.2. The number of hydrogen-bond acceptors (Lipinski definition) is 4. The minimum atomic E-state index is -0.0483. The molecule has 21 heavy (non-hydrogen) atoms. The van der Waals surface area contributed by atoms with Crippen molar-refractivity contribution in [1.82, 2.24) is 20.1 Å².